The molecule has 0 bridgehead atoms. The van der Waals surface area contributed by atoms with Crippen molar-refractivity contribution in [2.75, 3.05) is 20.1 Å². The second-order valence-corrected chi connectivity index (χ2v) is 6.39. The van der Waals surface area contributed by atoms with Crippen molar-refractivity contribution < 1.29 is 0 Å². The molecule has 0 spiro atoms. The van der Waals surface area contributed by atoms with Crippen LogP contribution in [0.1, 0.15) is 28.7 Å². The number of nitrogens with two attached hydrogens (primary N) is 1. The van der Waals surface area contributed by atoms with Crippen molar-refractivity contribution in [2.45, 2.75) is 12.0 Å². The van der Waals surface area contributed by atoms with E-state index in [9.17, 15) is 0 Å². The summed E-state index contributed by atoms with van der Waals surface area (Å²) in [6.45, 7) is 1.48. The van der Waals surface area contributed by atoms with E-state index in [1.807, 2.05) is 30.3 Å². The Bertz CT molecular complexity index is 657. The lowest BCUT2D eigenvalue weighted by atomic mass is 9.81. The minimum absolute atomic E-state index is 0.217. The summed E-state index contributed by atoms with van der Waals surface area (Å²) in [5.41, 5.74) is 9.57. The van der Waals surface area contributed by atoms with Gasteiger partial charge in [-0.3, -0.25) is 4.90 Å². The normalized spacial score (nSPS) is 22.1. The molecule has 2 unspecified atom stereocenters. The van der Waals surface area contributed by atoms with Gasteiger partial charge in [0.2, 0.25) is 0 Å². The van der Waals surface area contributed by atoms with E-state index in [0.717, 1.165) is 16.6 Å². The second-order valence-electron chi connectivity index (χ2n) is 5.54. The molecule has 2 aromatic rings. The molecule has 1 aliphatic heterocycles. The third kappa shape index (κ3) is 2.69. The average molecular weight is 321 g/mol. The summed E-state index contributed by atoms with van der Waals surface area (Å²) in [6, 6.07) is 14.3. The molecular formula is C17H18Cl2N2. The Morgan fingerprint density at radius 2 is 1.95 bits per heavy atom. The molecule has 0 saturated carbocycles. The highest BCUT2D eigenvalue weighted by atomic mass is 35.5. The van der Waals surface area contributed by atoms with Gasteiger partial charge in [0.25, 0.3) is 0 Å². The lowest BCUT2D eigenvalue weighted by Gasteiger charge is -2.39. The van der Waals surface area contributed by atoms with E-state index in [1.165, 1.54) is 16.7 Å². The third-order valence-corrected chi connectivity index (χ3v) is 4.84. The Balaban J connectivity index is 2.15. The fourth-order valence-corrected chi connectivity index (χ4v) is 3.77. The SMILES string of the molecule is CN1CC(c2cccc(Cl)c2)c2c(Cl)cccc2C1CN. The molecule has 0 amide bonds. The van der Waals surface area contributed by atoms with Gasteiger partial charge in [0, 0.05) is 35.1 Å². The number of hydrogen-bond donors (Lipinski definition) is 1. The van der Waals surface area contributed by atoms with E-state index in [-0.39, 0.29) is 12.0 Å². The predicted octanol–water partition coefficient (Wildman–Crippen LogP) is 4.07. The minimum Gasteiger partial charge on any atom is -0.329 e. The van der Waals surface area contributed by atoms with Crippen molar-refractivity contribution >= 4 is 23.2 Å². The summed E-state index contributed by atoms with van der Waals surface area (Å²) in [7, 11) is 2.11. The molecule has 4 heteroatoms. The van der Waals surface area contributed by atoms with Crippen LogP contribution in [0.25, 0.3) is 0 Å². The van der Waals surface area contributed by atoms with Gasteiger partial charge in [0.05, 0.1) is 0 Å². The van der Waals surface area contributed by atoms with Crippen LogP contribution in [0.4, 0.5) is 0 Å². The van der Waals surface area contributed by atoms with Gasteiger partial charge < -0.3 is 5.73 Å². The molecule has 0 fully saturated rings. The summed E-state index contributed by atoms with van der Waals surface area (Å²) in [4.78, 5) is 2.30. The molecular weight excluding hydrogens is 303 g/mol. The van der Waals surface area contributed by atoms with Gasteiger partial charge in [-0.15, -0.1) is 0 Å². The molecule has 2 nitrogen and oxygen atoms in total. The molecule has 0 saturated heterocycles. The standard InChI is InChI=1S/C17H18Cl2N2/c1-21-10-14(11-4-2-5-12(18)8-11)17-13(16(21)9-20)6-3-7-15(17)19/h2-8,14,16H,9-10,20H2,1H3. The zero-order chi connectivity index (χ0) is 15.0. The van der Waals surface area contributed by atoms with Crippen LogP contribution in [-0.2, 0) is 0 Å². The van der Waals surface area contributed by atoms with E-state index in [4.69, 9.17) is 28.9 Å². The maximum atomic E-state index is 6.50. The van der Waals surface area contributed by atoms with Crippen LogP contribution in [0.15, 0.2) is 42.5 Å². The zero-order valence-electron chi connectivity index (χ0n) is 11.9. The van der Waals surface area contributed by atoms with Crippen LogP contribution in [-0.4, -0.2) is 25.0 Å². The van der Waals surface area contributed by atoms with E-state index < -0.39 is 0 Å². The maximum Gasteiger partial charge on any atom is 0.0471 e. The van der Waals surface area contributed by atoms with Crippen LogP contribution in [0.3, 0.4) is 0 Å². The summed E-state index contributed by atoms with van der Waals surface area (Å²) in [5.74, 6) is 0.222. The van der Waals surface area contributed by atoms with Crippen molar-refractivity contribution in [3.63, 3.8) is 0 Å². The molecule has 1 heterocycles. The van der Waals surface area contributed by atoms with Gasteiger partial charge in [-0.25, -0.2) is 0 Å². The fourth-order valence-electron chi connectivity index (χ4n) is 3.26. The Morgan fingerprint density at radius 3 is 2.67 bits per heavy atom. The lowest BCUT2D eigenvalue weighted by molar-refractivity contribution is 0.223. The third-order valence-electron chi connectivity index (χ3n) is 4.27. The number of benzene rings is 2. The van der Waals surface area contributed by atoms with Crippen LogP contribution in [0.5, 0.6) is 0 Å². The molecule has 21 heavy (non-hydrogen) atoms. The van der Waals surface area contributed by atoms with Crippen molar-refractivity contribution in [1.29, 1.82) is 0 Å². The molecule has 2 N–H and O–H groups in total. The topological polar surface area (TPSA) is 29.3 Å². The Labute approximate surface area is 135 Å². The number of hydrogen-bond acceptors (Lipinski definition) is 2. The van der Waals surface area contributed by atoms with Crippen molar-refractivity contribution in [1.82, 2.24) is 4.90 Å². The average Bonchev–Trinajstić information content (AvgIpc) is 2.46. The fraction of sp³-hybridized carbons (Fsp3) is 0.294. The summed E-state index contributed by atoms with van der Waals surface area (Å²) in [5, 5.41) is 1.56. The molecule has 3 rings (SSSR count). The van der Waals surface area contributed by atoms with Crippen molar-refractivity contribution in [3.05, 3.63) is 69.2 Å². The van der Waals surface area contributed by atoms with E-state index in [0.29, 0.717) is 6.54 Å². The van der Waals surface area contributed by atoms with Crippen LogP contribution < -0.4 is 5.73 Å². The lowest BCUT2D eigenvalue weighted by Crippen LogP contribution is -2.39. The second kappa shape index (κ2) is 5.98. The van der Waals surface area contributed by atoms with Gasteiger partial charge in [-0.2, -0.15) is 0 Å². The van der Waals surface area contributed by atoms with Gasteiger partial charge in [0.15, 0.2) is 0 Å². The van der Waals surface area contributed by atoms with Gasteiger partial charge in [-0.1, -0.05) is 47.5 Å². The molecule has 0 radical (unpaired) electrons. The van der Waals surface area contributed by atoms with Crippen molar-refractivity contribution in [2.24, 2.45) is 5.73 Å². The number of halogens is 2. The number of rotatable bonds is 2. The summed E-state index contributed by atoms with van der Waals surface area (Å²) >= 11 is 12.7. The summed E-state index contributed by atoms with van der Waals surface area (Å²) in [6.07, 6.45) is 0. The Morgan fingerprint density at radius 1 is 1.19 bits per heavy atom. The van der Waals surface area contributed by atoms with Gasteiger partial charge in [-0.05, 0) is 41.9 Å². The van der Waals surface area contributed by atoms with E-state index in [2.05, 4.69) is 24.1 Å². The Hall–Kier alpha value is -1.06. The monoisotopic (exact) mass is 320 g/mol. The molecule has 2 atom stereocenters. The number of fused-ring (bicyclic) bond motifs is 1. The van der Waals surface area contributed by atoms with Gasteiger partial charge in [0.1, 0.15) is 0 Å². The first-order valence-corrected chi connectivity index (χ1v) is 7.81. The first-order chi connectivity index (χ1) is 10.1. The van der Waals surface area contributed by atoms with Crippen molar-refractivity contribution in [3.8, 4) is 0 Å². The zero-order valence-corrected chi connectivity index (χ0v) is 13.4. The molecule has 0 aliphatic carbocycles. The van der Waals surface area contributed by atoms with Crippen LogP contribution in [0, 0.1) is 0 Å². The van der Waals surface area contributed by atoms with E-state index >= 15 is 0 Å². The minimum atomic E-state index is 0.217. The summed E-state index contributed by atoms with van der Waals surface area (Å²) < 4.78 is 0. The molecule has 0 aromatic heterocycles. The maximum absolute atomic E-state index is 6.50. The largest absolute Gasteiger partial charge is 0.329 e. The molecule has 2 aromatic carbocycles. The first-order valence-electron chi connectivity index (χ1n) is 7.06. The number of likely N-dealkylation sites (N-methyl/N-ethyl adjacent to an activating group) is 1. The van der Waals surface area contributed by atoms with Crippen LogP contribution >= 0.6 is 23.2 Å². The molecule has 1 aliphatic rings. The molecule has 110 valence electrons. The number of nitrogens with zero attached hydrogens (tertiary/aromatic N) is 1. The smallest absolute Gasteiger partial charge is 0.0471 e. The van der Waals surface area contributed by atoms with E-state index in [1.54, 1.807) is 0 Å². The quantitative estimate of drug-likeness (QED) is 0.903. The van der Waals surface area contributed by atoms with Gasteiger partial charge >= 0.3 is 0 Å². The predicted molar refractivity (Wildman–Crippen MR) is 89.2 cm³/mol. The highest BCUT2D eigenvalue weighted by Crippen LogP contribution is 2.42. The first kappa shape index (κ1) is 14.9. The Kier molecular flexibility index (Phi) is 4.23. The highest BCUT2D eigenvalue weighted by Gasteiger charge is 2.32. The van der Waals surface area contributed by atoms with Crippen LogP contribution in [0.2, 0.25) is 10.0 Å². The highest BCUT2D eigenvalue weighted by molar-refractivity contribution is 6.31.